The summed E-state index contributed by atoms with van der Waals surface area (Å²) in [4.78, 5) is 51.5. The van der Waals surface area contributed by atoms with Gasteiger partial charge >= 0.3 is 11.9 Å². The van der Waals surface area contributed by atoms with E-state index in [9.17, 15) is 39.6 Å². The Kier molecular flexibility index (Phi) is 31.8. The average Bonchev–Trinajstić information content (AvgIpc) is 3.21. The summed E-state index contributed by atoms with van der Waals surface area (Å²) in [5.41, 5.74) is 0. The van der Waals surface area contributed by atoms with Crippen LogP contribution in [0.1, 0.15) is 201 Å². The van der Waals surface area contributed by atoms with Crippen LogP contribution < -0.4 is 10.6 Å². The highest BCUT2D eigenvalue weighted by Gasteiger charge is 2.43. The number of esters is 1. The molecule has 1 rings (SSSR count). The molecule has 0 unspecified atom stereocenters. The van der Waals surface area contributed by atoms with Crippen molar-refractivity contribution >= 4 is 23.8 Å². The van der Waals surface area contributed by atoms with E-state index in [0.717, 1.165) is 45.6 Å². The molecule has 0 spiro atoms. The van der Waals surface area contributed by atoms with Crippen molar-refractivity contribution in [1.29, 1.82) is 0 Å². The van der Waals surface area contributed by atoms with E-state index in [1.54, 1.807) is 0 Å². The number of carboxylic acids is 1. The third kappa shape index (κ3) is 24.7. The lowest BCUT2D eigenvalue weighted by Crippen LogP contribution is -2.59. The fourth-order valence-corrected chi connectivity index (χ4v) is 7.62. The Morgan fingerprint density at radius 1 is 0.569 bits per heavy atom. The van der Waals surface area contributed by atoms with Crippen molar-refractivity contribution in [2.45, 2.75) is 243 Å². The van der Waals surface area contributed by atoms with Gasteiger partial charge in [0.25, 0.3) is 0 Å². The van der Waals surface area contributed by atoms with Crippen LogP contribution in [0, 0.1) is 5.92 Å². The number of rotatable bonds is 37. The summed E-state index contributed by atoms with van der Waals surface area (Å²) in [6.45, 7) is 5.48. The lowest BCUT2D eigenvalue weighted by molar-refractivity contribution is -0.293. The summed E-state index contributed by atoms with van der Waals surface area (Å²) >= 11 is 0. The Bertz CT molecular complexity index is 1050. The van der Waals surface area contributed by atoms with Crippen LogP contribution in [0.25, 0.3) is 0 Å². The number of aliphatic hydroxyl groups excluding tert-OH is 3. The van der Waals surface area contributed by atoms with E-state index < -0.39 is 73.7 Å². The Hall–Kier alpha value is -2.32. The average molecular weight is 829 g/mol. The fourth-order valence-electron chi connectivity index (χ4n) is 7.62. The van der Waals surface area contributed by atoms with Crippen LogP contribution in [-0.4, -0.2) is 101 Å². The summed E-state index contributed by atoms with van der Waals surface area (Å²) in [7, 11) is 1.13. The highest BCUT2D eigenvalue weighted by Crippen LogP contribution is 2.23. The summed E-state index contributed by atoms with van der Waals surface area (Å²) in [5, 5.41) is 45.5. The maximum Gasteiger partial charge on any atom is 0.328 e. The van der Waals surface area contributed by atoms with Crippen molar-refractivity contribution in [1.82, 2.24) is 10.6 Å². The molecule has 1 heterocycles. The van der Waals surface area contributed by atoms with Gasteiger partial charge in [-0.1, -0.05) is 168 Å². The molecule has 1 aliphatic heterocycles. The van der Waals surface area contributed by atoms with E-state index in [1.807, 2.05) is 0 Å². The molecule has 0 bridgehead atoms. The quantitative estimate of drug-likeness (QED) is 0.0266. The molecule has 0 radical (unpaired) electrons. The standard InChI is InChI=1S/C45H84N2O11/c1-5-7-9-11-13-15-17-19-21-23-25-27-29-35(30-28-26-24-22-20-18-16-14-12-10-8-6-2)42(53)47-37(33-57-45-41(52)40(51)39(50)34(3)58-45)43(54)46-36(44(55)56-4)31-32-38(48)49/h34-37,39-41,45,50-52H,5-33H2,1-4H3,(H,46,54)(H,47,53)(H,48,49)/t34-,36-,37+,39+,40+,41-,45+/m0/s1. The van der Waals surface area contributed by atoms with Gasteiger partial charge in [0.05, 0.1) is 19.8 Å². The van der Waals surface area contributed by atoms with Crippen LogP contribution in [0.5, 0.6) is 0 Å². The number of aliphatic hydroxyl groups is 3. The zero-order valence-corrected chi connectivity index (χ0v) is 36.8. The molecule has 1 saturated heterocycles. The summed E-state index contributed by atoms with van der Waals surface area (Å²) in [5.74, 6) is -3.49. The lowest BCUT2D eigenvalue weighted by atomic mass is 9.92. The molecule has 340 valence electrons. The van der Waals surface area contributed by atoms with E-state index in [0.29, 0.717) is 12.8 Å². The zero-order valence-electron chi connectivity index (χ0n) is 36.8. The van der Waals surface area contributed by atoms with Crippen LogP contribution >= 0.6 is 0 Å². The molecule has 13 nitrogen and oxygen atoms in total. The minimum absolute atomic E-state index is 0.234. The molecule has 0 aromatic carbocycles. The highest BCUT2D eigenvalue weighted by molar-refractivity contribution is 5.91. The summed E-state index contributed by atoms with van der Waals surface area (Å²) < 4.78 is 16.1. The number of ether oxygens (including phenoxy) is 3. The van der Waals surface area contributed by atoms with Crippen LogP contribution in [0.4, 0.5) is 0 Å². The number of carboxylic acid groups (broad SMARTS) is 1. The van der Waals surface area contributed by atoms with Crippen molar-refractivity contribution < 1.29 is 53.8 Å². The molecule has 0 aliphatic carbocycles. The van der Waals surface area contributed by atoms with E-state index in [2.05, 4.69) is 24.5 Å². The number of aliphatic carboxylic acids is 1. The Morgan fingerprint density at radius 3 is 1.40 bits per heavy atom. The second kappa shape index (κ2) is 34.4. The number of carbonyl (C=O) groups excluding carboxylic acids is 3. The number of amides is 2. The molecule has 0 saturated carbocycles. The molecule has 58 heavy (non-hydrogen) atoms. The molecule has 7 atom stereocenters. The van der Waals surface area contributed by atoms with Crippen LogP contribution in [0.3, 0.4) is 0 Å². The second-order valence-corrected chi connectivity index (χ2v) is 16.6. The predicted octanol–water partition coefficient (Wildman–Crippen LogP) is 7.64. The van der Waals surface area contributed by atoms with Crippen LogP contribution in [-0.2, 0) is 33.4 Å². The van der Waals surface area contributed by atoms with Gasteiger partial charge in [0.1, 0.15) is 30.4 Å². The van der Waals surface area contributed by atoms with Crippen molar-refractivity contribution in [2.75, 3.05) is 13.7 Å². The number of carbonyl (C=O) groups is 4. The summed E-state index contributed by atoms with van der Waals surface area (Å²) in [6.07, 6.45) is 22.8. The minimum atomic E-state index is -1.63. The first-order valence-corrected chi connectivity index (χ1v) is 23.2. The molecule has 0 aromatic heterocycles. The topological polar surface area (TPSA) is 201 Å². The SMILES string of the molecule is CCCCCCCCCCCCCCC(CCCCCCCCCCCCCC)C(=O)N[C@H](CO[C@@H]1O[C@@H](C)[C@@H](O)[C@@H](O)[C@@H]1O)C(=O)N[C@@H](CCC(=O)O)C(=O)OC. The Morgan fingerprint density at radius 2 is 0.983 bits per heavy atom. The maximum absolute atomic E-state index is 14.0. The molecule has 1 aliphatic rings. The number of hydrogen-bond acceptors (Lipinski definition) is 10. The number of unbranched alkanes of at least 4 members (excludes halogenated alkanes) is 22. The van der Waals surface area contributed by atoms with Gasteiger partial charge in [-0.3, -0.25) is 14.4 Å². The van der Waals surface area contributed by atoms with Crippen molar-refractivity contribution in [3.8, 4) is 0 Å². The van der Waals surface area contributed by atoms with Gasteiger partial charge in [-0.2, -0.15) is 0 Å². The van der Waals surface area contributed by atoms with Gasteiger partial charge in [0.15, 0.2) is 6.29 Å². The first-order valence-electron chi connectivity index (χ1n) is 23.2. The van der Waals surface area contributed by atoms with Crippen LogP contribution in [0.2, 0.25) is 0 Å². The molecule has 0 aromatic rings. The highest BCUT2D eigenvalue weighted by atomic mass is 16.7. The lowest BCUT2D eigenvalue weighted by Gasteiger charge is -2.39. The minimum Gasteiger partial charge on any atom is -0.481 e. The van der Waals surface area contributed by atoms with Gasteiger partial charge in [-0.25, -0.2) is 4.79 Å². The maximum atomic E-state index is 14.0. The van der Waals surface area contributed by atoms with Gasteiger partial charge in [-0.15, -0.1) is 0 Å². The van der Waals surface area contributed by atoms with Gasteiger partial charge in [-0.05, 0) is 26.2 Å². The van der Waals surface area contributed by atoms with Crippen molar-refractivity contribution in [2.24, 2.45) is 5.92 Å². The molecule has 2 amide bonds. The number of methoxy groups -OCH3 is 1. The van der Waals surface area contributed by atoms with Crippen LogP contribution in [0.15, 0.2) is 0 Å². The first-order chi connectivity index (χ1) is 28.0. The molecule has 13 heteroatoms. The molecular weight excluding hydrogens is 744 g/mol. The van der Waals surface area contributed by atoms with E-state index in [-0.39, 0.29) is 18.2 Å². The van der Waals surface area contributed by atoms with E-state index in [1.165, 1.54) is 122 Å². The normalized spacial score (nSPS) is 20.4. The van der Waals surface area contributed by atoms with Crippen molar-refractivity contribution in [3.05, 3.63) is 0 Å². The van der Waals surface area contributed by atoms with Gasteiger partial charge in [0.2, 0.25) is 11.8 Å². The van der Waals surface area contributed by atoms with Crippen molar-refractivity contribution in [3.63, 3.8) is 0 Å². The monoisotopic (exact) mass is 829 g/mol. The largest absolute Gasteiger partial charge is 0.481 e. The number of hydrogen-bond donors (Lipinski definition) is 6. The smallest absolute Gasteiger partial charge is 0.328 e. The first kappa shape index (κ1) is 53.7. The Labute approximate surface area is 350 Å². The fraction of sp³-hybridized carbons (Fsp3) is 0.911. The molecule has 1 fully saturated rings. The van der Waals surface area contributed by atoms with E-state index in [4.69, 9.17) is 14.2 Å². The second-order valence-electron chi connectivity index (χ2n) is 16.6. The molecular formula is C45H84N2O11. The zero-order chi connectivity index (χ0) is 43.0. The third-order valence-electron chi connectivity index (χ3n) is 11.5. The third-order valence-corrected chi connectivity index (χ3v) is 11.5. The summed E-state index contributed by atoms with van der Waals surface area (Å²) in [6, 6.07) is -2.65. The van der Waals surface area contributed by atoms with E-state index >= 15 is 0 Å². The predicted molar refractivity (Wildman–Crippen MR) is 226 cm³/mol. The van der Waals surface area contributed by atoms with Gasteiger partial charge in [0, 0.05) is 12.3 Å². The van der Waals surface area contributed by atoms with Gasteiger partial charge < -0.3 is 45.3 Å². The molecule has 6 N–H and O–H groups in total. The number of nitrogens with one attached hydrogen (secondary N) is 2. The Balaban J connectivity index is 2.93.